The number of aryl methyl sites for hydroxylation is 1. The second kappa shape index (κ2) is 13.0. The standard InChI is InChI=1S/C30H38F3N5O4/c1-18(30(31,32)33)42-22-11-12-23(27(34)40)24(14-22)21(15-35-26(39)17-37(4)5)13-19-7-9-20(10-8-19)25-16-38(6)28(36-25)29(2,3)41/h7-12,14,16,18,21,41H,13,15,17H2,1-6H3,(H2,34,40)(H,35,39)/t18-,21-/m1/s1. The van der Waals surface area contributed by atoms with Crippen LogP contribution in [-0.4, -0.2) is 70.8 Å². The van der Waals surface area contributed by atoms with Gasteiger partial charge in [-0.2, -0.15) is 13.2 Å². The van der Waals surface area contributed by atoms with Crippen molar-refractivity contribution < 1.29 is 32.6 Å². The summed E-state index contributed by atoms with van der Waals surface area (Å²) in [4.78, 5) is 31.1. The largest absolute Gasteiger partial charge is 0.481 e. The van der Waals surface area contributed by atoms with Crippen molar-refractivity contribution in [1.29, 1.82) is 0 Å². The first-order valence-electron chi connectivity index (χ1n) is 13.4. The van der Waals surface area contributed by atoms with Gasteiger partial charge in [0.2, 0.25) is 11.8 Å². The molecule has 0 fully saturated rings. The number of primary amides is 1. The molecule has 9 nitrogen and oxygen atoms in total. The topological polar surface area (TPSA) is 123 Å². The lowest BCUT2D eigenvalue weighted by Crippen LogP contribution is -2.36. The van der Waals surface area contributed by atoms with Crippen LogP contribution in [0.1, 0.15) is 54.0 Å². The van der Waals surface area contributed by atoms with E-state index in [1.165, 1.54) is 18.2 Å². The van der Waals surface area contributed by atoms with Crippen molar-refractivity contribution in [2.24, 2.45) is 12.8 Å². The van der Waals surface area contributed by atoms with E-state index in [1.54, 1.807) is 44.5 Å². The van der Waals surface area contributed by atoms with Crippen LogP contribution < -0.4 is 15.8 Å². The number of likely N-dealkylation sites (N-methyl/N-ethyl adjacent to an activating group) is 1. The van der Waals surface area contributed by atoms with E-state index in [0.717, 1.165) is 18.1 Å². The van der Waals surface area contributed by atoms with Crippen molar-refractivity contribution in [3.63, 3.8) is 0 Å². The van der Waals surface area contributed by atoms with Gasteiger partial charge in [0.05, 0.1) is 12.2 Å². The molecule has 0 unspecified atom stereocenters. The molecule has 2 aromatic carbocycles. The van der Waals surface area contributed by atoms with Gasteiger partial charge in [-0.05, 0) is 70.6 Å². The average Bonchev–Trinajstić information content (AvgIpc) is 3.28. The molecular formula is C30H38F3N5O4. The highest BCUT2D eigenvalue weighted by atomic mass is 19.4. The molecule has 1 heterocycles. The number of ether oxygens (including phenoxy) is 1. The summed E-state index contributed by atoms with van der Waals surface area (Å²) in [6.07, 6.45) is -4.50. The van der Waals surface area contributed by atoms with Gasteiger partial charge >= 0.3 is 6.18 Å². The molecule has 42 heavy (non-hydrogen) atoms. The summed E-state index contributed by atoms with van der Waals surface area (Å²) in [5.41, 5.74) is 7.34. The number of halogens is 3. The van der Waals surface area contributed by atoms with Crippen molar-refractivity contribution in [3.8, 4) is 17.0 Å². The highest BCUT2D eigenvalue weighted by molar-refractivity contribution is 5.94. The normalized spacial score (nSPS) is 13.6. The molecule has 0 aliphatic heterocycles. The molecular weight excluding hydrogens is 551 g/mol. The molecule has 2 atom stereocenters. The average molecular weight is 590 g/mol. The van der Waals surface area contributed by atoms with Gasteiger partial charge in [-0.1, -0.05) is 24.3 Å². The van der Waals surface area contributed by atoms with Crippen LogP contribution in [0.4, 0.5) is 13.2 Å². The Bertz CT molecular complexity index is 1400. The second-order valence-corrected chi connectivity index (χ2v) is 11.2. The van der Waals surface area contributed by atoms with Gasteiger partial charge in [0.25, 0.3) is 0 Å². The zero-order valence-corrected chi connectivity index (χ0v) is 24.6. The molecule has 0 saturated heterocycles. The number of aromatic nitrogens is 2. The number of nitrogens with two attached hydrogens (primary N) is 1. The maximum Gasteiger partial charge on any atom is 0.425 e. The second-order valence-electron chi connectivity index (χ2n) is 11.2. The predicted octanol–water partition coefficient (Wildman–Crippen LogP) is 3.75. The number of nitrogens with zero attached hydrogens (tertiary/aromatic N) is 3. The maximum absolute atomic E-state index is 13.2. The molecule has 0 bridgehead atoms. The number of hydrogen-bond acceptors (Lipinski definition) is 6. The molecule has 3 aromatic rings. The minimum absolute atomic E-state index is 0.0717. The quantitative estimate of drug-likeness (QED) is 0.296. The SMILES string of the molecule is C[C@@H](Oc1ccc(C(N)=O)c([C@@H](CNC(=O)CN(C)C)Cc2ccc(-c3cn(C)c(C(C)(C)O)n3)cc2)c1)C(F)(F)F. The Morgan fingerprint density at radius 1 is 1.14 bits per heavy atom. The summed E-state index contributed by atoms with van der Waals surface area (Å²) in [5, 5.41) is 13.2. The molecule has 0 radical (unpaired) electrons. The minimum atomic E-state index is -4.58. The fourth-order valence-electron chi connectivity index (χ4n) is 4.59. The first-order chi connectivity index (χ1) is 19.5. The fraction of sp³-hybridized carbons (Fsp3) is 0.433. The lowest BCUT2D eigenvalue weighted by Gasteiger charge is -2.23. The molecule has 0 aliphatic carbocycles. The van der Waals surface area contributed by atoms with Crippen LogP contribution in [0.3, 0.4) is 0 Å². The van der Waals surface area contributed by atoms with Gasteiger partial charge in [0, 0.05) is 36.8 Å². The molecule has 0 aliphatic rings. The van der Waals surface area contributed by atoms with Crippen molar-refractivity contribution in [2.75, 3.05) is 27.2 Å². The molecule has 0 spiro atoms. The number of nitrogens with one attached hydrogen (secondary N) is 1. The van der Waals surface area contributed by atoms with Crippen molar-refractivity contribution >= 4 is 11.8 Å². The number of imidazole rings is 1. The Labute approximate surface area is 243 Å². The smallest absolute Gasteiger partial charge is 0.425 e. The summed E-state index contributed by atoms with van der Waals surface area (Å²) in [5.74, 6) is -1.09. The van der Waals surface area contributed by atoms with Gasteiger partial charge in [-0.15, -0.1) is 0 Å². The lowest BCUT2D eigenvalue weighted by molar-refractivity contribution is -0.189. The maximum atomic E-state index is 13.2. The van der Waals surface area contributed by atoms with Crippen molar-refractivity contribution in [2.45, 2.75) is 51.0 Å². The van der Waals surface area contributed by atoms with Crippen LogP contribution in [0.15, 0.2) is 48.7 Å². The zero-order valence-electron chi connectivity index (χ0n) is 24.6. The number of aliphatic hydroxyl groups is 1. The Morgan fingerprint density at radius 3 is 2.31 bits per heavy atom. The van der Waals surface area contributed by atoms with E-state index < -0.39 is 29.7 Å². The molecule has 228 valence electrons. The van der Waals surface area contributed by atoms with Crippen LogP contribution >= 0.6 is 0 Å². The monoisotopic (exact) mass is 589 g/mol. The first-order valence-corrected chi connectivity index (χ1v) is 13.4. The molecule has 12 heteroatoms. The number of hydrogen-bond donors (Lipinski definition) is 3. The summed E-state index contributed by atoms with van der Waals surface area (Å²) in [6.45, 7) is 4.44. The summed E-state index contributed by atoms with van der Waals surface area (Å²) in [6, 6.07) is 11.5. The van der Waals surface area contributed by atoms with Gasteiger partial charge in [-0.3, -0.25) is 9.59 Å². The Hall–Kier alpha value is -3.90. The number of carbonyl (C=O) groups excluding carboxylic acids is 2. The minimum Gasteiger partial charge on any atom is -0.481 e. The van der Waals surface area contributed by atoms with E-state index in [4.69, 9.17) is 10.5 Å². The molecule has 3 rings (SSSR count). The summed E-state index contributed by atoms with van der Waals surface area (Å²) >= 11 is 0. The van der Waals surface area contributed by atoms with Crippen molar-refractivity contribution in [3.05, 3.63) is 71.2 Å². The lowest BCUT2D eigenvalue weighted by atomic mass is 9.87. The number of benzene rings is 2. The van der Waals surface area contributed by atoms with E-state index in [1.807, 2.05) is 30.5 Å². The third-order valence-electron chi connectivity index (χ3n) is 6.66. The number of amides is 2. The van der Waals surface area contributed by atoms with Gasteiger partial charge in [0.1, 0.15) is 17.2 Å². The van der Waals surface area contributed by atoms with Crippen LogP contribution in [0.5, 0.6) is 5.75 Å². The van der Waals surface area contributed by atoms with Crippen LogP contribution in [-0.2, 0) is 23.9 Å². The van der Waals surface area contributed by atoms with Crippen molar-refractivity contribution in [1.82, 2.24) is 19.8 Å². The summed E-state index contributed by atoms with van der Waals surface area (Å²) < 4.78 is 46.4. The number of alkyl halides is 3. The van der Waals surface area contributed by atoms with Gasteiger partial charge in [-0.25, -0.2) is 4.98 Å². The van der Waals surface area contributed by atoms with Crippen LogP contribution in [0.25, 0.3) is 11.3 Å². The highest BCUT2D eigenvalue weighted by Gasteiger charge is 2.38. The molecule has 0 saturated carbocycles. The summed E-state index contributed by atoms with van der Waals surface area (Å²) in [7, 11) is 5.30. The van der Waals surface area contributed by atoms with E-state index in [0.29, 0.717) is 23.5 Å². The first kappa shape index (κ1) is 32.6. The van der Waals surface area contributed by atoms with E-state index >= 15 is 0 Å². The molecule has 4 N–H and O–H groups in total. The Kier molecular flexibility index (Phi) is 10.1. The zero-order chi connectivity index (χ0) is 31.4. The number of carbonyl (C=O) groups is 2. The van der Waals surface area contributed by atoms with Gasteiger partial charge in [0.15, 0.2) is 6.10 Å². The van der Waals surface area contributed by atoms with Gasteiger partial charge < -0.3 is 30.4 Å². The number of rotatable bonds is 12. The third-order valence-corrected chi connectivity index (χ3v) is 6.66. The van der Waals surface area contributed by atoms with Crippen LogP contribution in [0, 0.1) is 0 Å². The van der Waals surface area contributed by atoms with Crippen LogP contribution in [0.2, 0.25) is 0 Å². The Morgan fingerprint density at radius 2 is 1.79 bits per heavy atom. The van der Waals surface area contributed by atoms with E-state index in [9.17, 15) is 27.9 Å². The fourth-order valence-corrected chi connectivity index (χ4v) is 4.59. The molecule has 2 amide bonds. The Balaban J connectivity index is 1.96. The highest BCUT2D eigenvalue weighted by Crippen LogP contribution is 2.32. The van der Waals surface area contributed by atoms with E-state index in [2.05, 4.69) is 10.3 Å². The molecule has 1 aromatic heterocycles. The third kappa shape index (κ3) is 8.56. The van der Waals surface area contributed by atoms with E-state index in [-0.39, 0.29) is 30.3 Å². The predicted molar refractivity (Wildman–Crippen MR) is 153 cm³/mol.